The number of carbonyl (C=O) groups is 1. The molecule has 1 aliphatic heterocycles. The molecule has 0 aliphatic carbocycles. The van der Waals surface area contributed by atoms with Gasteiger partial charge in [-0.05, 0) is 51.3 Å². The molecule has 82 valence electrons. The molecule has 1 amide bonds. The van der Waals surface area contributed by atoms with Crippen LogP contribution in [0.4, 0.5) is 0 Å². The van der Waals surface area contributed by atoms with Crippen molar-refractivity contribution in [1.82, 2.24) is 5.32 Å². The van der Waals surface area contributed by atoms with Crippen LogP contribution in [0.5, 0.6) is 0 Å². The Kier molecular flexibility index (Phi) is 3.24. The van der Waals surface area contributed by atoms with Crippen LogP contribution in [0.1, 0.15) is 24.6 Å². The summed E-state index contributed by atoms with van der Waals surface area (Å²) < 4.78 is 2.21. The molecule has 1 fully saturated rings. The number of rotatable bonds is 2. The first-order valence-corrected chi connectivity index (χ1v) is 7.13. The molecule has 2 rings (SSSR count). The van der Waals surface area contributed by atoms with Gasteiger partial charge in [-0.1, -0.05) is 0 Å². The smallest absolute Gasteiger partial charge is 0.220 e. The lowest BCUT2D eigenvalue weighted by atomic mass is 9.95. The van der Waals surface area contributed by atoms with Crippen LogP contribution >= 0.6 is 43.2 Å². The Labute approximate surface area is 110 Å². The fourth-order valence-electron chi connectivity index (χ4n) is 1.85. The molecule has 1 aliphatic rings. The molecule has 2 nitrogen and oxygen atoms in total. The van der Waals surface area contributed by atoms with E-state index in [0.717, 1.165) is 21.1 Å². The third kappa shape index (κ3) is 2.63. The molecule has 0 radical (unpaired) electrons. The standard InChI is InChI=1S/C10H11Br2NOS/c1-10(3-2-8(14)13-10)5-6-4-7(11)9(12)15-6/h4H,2-3,5H2,1H3,(H,13,14). The quantitative estimate of drug-likeness (QED) is 0.867. The van der Waals surface area contributed by atoms with Crippen LogP contribution < -0.4 is 5.32 Å². The van der Waals surface area contributed by atoms with E-state index in [1.807, 2.05) is 0 Å². The number of hydrogen-bond donors (Lipinski definition) is 1. The molecule has 1 saturated heterocycles. The zero-order valence-electron chi connectivity index (χ0n) is 8.27. The number of carbonyl (C=O) groups excluding carboxylic acids is 1. The van der Waals surface area contributed by atoms with Gasteiger partial charge in [0.1, 0.15) is 0 Å². The summed E-state index contributed by atoms with van der Waals surface area (Å²) in [6, 6.07) is 2.12. The second kappa shape index (κ2) is 4.18. The predicted molar refractivity (Wildman–Crippen MR) is 69.2 cm³/mol. The van der Waals surface area contributed by atoms with Gasteiger partial charge >= 0.3 is 0 Å². The van der Waals surface area contributed by atoms with Gasteiger partial charge in [0, 0.05) is 27.7 Å². The van der Waals surface area contributed by atoms with Gasteiger partial charge in [-0.3, -0.25) is 4.79 Å². The average molecular weight is 353 g/mol. The van der Waals surface area contributed by atoms with E-state index in [1.54, 1.807) is 11.3 Å². The number of thiophene rings is 1. The molecule has 1 atom stereocenters. The largest absolute Gasteiger partial charge is 0.351 e. The minimum atomic E-state index is -0.0547. The molecule has 0 spiro atoms. The summed E-state index contributed by atoms with van der Waals surface area (Å²) in [6.07, 6.45) is 2.50. The highest BCUT2D eigenvalue weighted by atomic mass is 79.9. The van der Waals surface area contributed by atoms with Crippen LogP contribution in [0.3, 0.4) is 0 Å². The van der Waals surface area contributed by atoms with Crippen molar-refractivity contribution in [2.75, 3.05) is 0 Å². The first-order chi connectivity index (χ1) is 6.98. The van der Waals surface area contributed by atoms with Crippen LogP contribution in [0.25, 0.3) is 0 Å². The third-order valence-corrected chi connectivity index (χ3v) is 5.86. The van der Waals surface area contributed by atoms with E-state index in [-0.39, 0.29) is 11.4 Å². The Morgan fingerprint density at radius 3 is 2.80 bits per heavy atom. The monoisotopic (exact) mass is 351 g/mol. The SMILES string of the molecule is CC1(Cc2cc(Br)c(Br)s2)CCC(=O)N1. The molecule has 0 aromatic carbocycles. The Hall–Kier alpha value is 0.130. The Balaban J connectivity index is 2.11. The van der Waals surface area contributed by atoms with Crippen LogP contribution in [-0.4, -0.2) is 11.4 Å². The van der Waals surface area contributed by atoms with Crippen molar-refractivity contribution in [2.24, 2.45) is 0 Å². The van der Waals surface area contributed by atoms with Crippen molar-refractivity contribution in [1.29, 1.82) is 0 Å². The van der Waals surface area contributed by atoms with Gasteiger partial charge in [-0.15, -0.1) is 11.3 Å². The highest BCUT2D eigenvalue weighted by Gasteiger charge is 2.33. The van der Waals surface area contributed by atoms with Crippen LogP contribution in [0.2, 0.25) is 0 Å². The molecule has 1 unspecified atom stereocenters. The summed E-state index contributed by atoms with van der Waals surface area (Å²) in [7, 11) is 0. The Morgan fingerprint density at radius 2 is 2.33 bits per heavy atom. The van der Waals surface area contributed by atoms with Gasteiger partial charge in [0.2, 0.25) is 5.91 Å². The van der Waals surface area contributed by atoms with E-state index in [2.05, 4.69) is 50.2 Å². The van der Waals surface area contributed by atoms with Gasteiger partial charge < -0.3 is 5.32 Å². The molecule has 0 bridgehead atoms. The van der Waals surface area contributed by atoms with E-state index in [9.17, 15) is 4.79 Å². The molecule has 2 heterocycles. The number of hydrogen-bond acceptors (Lipinski definition) is 2. The molecule has 1 N–H and O–H groups in total. The zero-order valence-corrected chi connectivity index (χ0v) is 12.3. The van der Waals surface area contributed by atoms with Crippen LogP contribution in [-0.2, 0) is 11.2 Å². The normalized spacial score (nSPS) is 25.7. The van der Waals surface area contributed by atoms with E-state index < -0.39 is 0 Å². The highest BCUT2D eigenvalue weighted by molar-refractivity contribution is 9.13. The summed E-state index contributed by atoms with van der Waals surface area (Å²) in [4.78, 5) is 12.5. The summed E-state index contributed by atoms with van der Waals surface area (Å²) in [5.41, 5.74) is -0.0547. The van der Waals surface area contributed by atoms with Crippen LogP contribution in [0, 0.1) is 0 Å². The number of amides is 1. The van der Waals surface area contributed by atoms with Gasteiger partial charge in [0.05, 0.1) is 3.79 Å². The second-order valence-electron chi connectivity index (χ2n) is 4.12. The van der Waals surface area contributed by atoms with E-state index >= 15 is 0 Å². The molecule has 1 aromatic rings. The fraction of sp³-hybridized carbons (Fsp3) is 0.500. The van der Waals surface area contributed by atoms with Crippen molar-refractivity contribution < 1.29 is 4.79 Å². The first kappa shape index (κ1) is 11.6. The number of halogens is 2. The van der Waals surface area contributed by atoms with Gasteiger partial charge in [0.15, 0.2) is 0 Å². The molecule has 5 heteroatoms. The Bertz CT molecular complexity index is 385. The molecule has 0 saturated carbocycles. The predicted octanol–water partition coefficient (Wildman–Crippen LogP) is 3.48. The van der Waals surface area contributed by atoms with Crippen molar-refractivity contribution >= 4 is 49.1 Å². The van der Waals surface area contributed by atoms with Crippen molar-refractivity contribution in [2.45, 2.75) is 31.7 Å². The third-order valence-electron chi connectivity index (χ3n) is 2.61. The van der Waals surface area contributed by atoms with Crippen molar-refractivity contribution in [3.05, 3.63) is 19.2 Å². The van der Waals surface area contributed by atoms with E-state index in [4.69, 9.17) is 0 Å². The topological polar surface area (TPSA) is 29.1 Å². The van der Waals surface area contributed by atoms with Gasteiger partial charge in [0.25, 0.3) is 0 Å². The minimum absolute atomic E-state index is 0.0547. The number of nitrogens with one attached hydrogen (secondary N) is 1. The molecule has 15 heavy (non-hydrogen) atoms. The second-order valence-corrected chi connectivity index (χ2v) is 7.43. The maximum Gasteiger partial charge on any atom is 0.220 e. The molecular weight excluding hydrogens is 342 g/mol. The van der Waals surface area contributed by atoms with Crippen molar-refractivity contribution in [3.8, 4) is 0 Å². The zero-order chi connectivity index (χ0) is 11.1. The van der Waals surface area contributed by atoms with E-state index in [1.165, 1.54) is 4.88 Å². The first-order valence-electron chi connectivity index (χ1n) is 4.73. The Morgan fingerprint density at radius 1 is 1.60 bits per heavy atom. The fourth-order valence-corrected chi connectivity index (χ4v) is 4.21. The van der Waals surface area contributed by atoms with Crippen LogP contribution in [0.15, 0.2) is 14.3 Å². The summed E-state index contributed by atoms with van der Waals surface area (Å²) in [5, 5.41) is 3.04. The highest BCUT2D eigenvalue weighted by Crippen LogP contribution is 2.35. The molecule has 1 aromatic heterocycles. The van der Waals surface area contributed by atoms with Gasteiger partial charge in [-0.25, -0.2) is 0 Å². The minimum Gasteiger partial charge on any atom is -0.351 e. The lowest BCUT2D eigenvalue weighted by Crippen LogP contribution is -2.40. The lowest BCUT2D eigenvalue weighted by molar-refractivity contribution is -0.119. The lowest BCUT2D eigenvalue weighted by Gasteiger charge is -2.22. The summed E-state index contributed by atoms with van der Waals surface area (Å²) in [5.74, 6) is 0.173. The van der Waals surface area contributed by atoms with Crippen molar-refractivity contribution in [3.63, 3.8) is 0 Å². The summed E-state index contributed by atoms with van der Waals surface area (Å²) in [6.45, 7) is 2.11. The molecular formula is C10H11Br2NOS. The van der Waals surface area contributed by atoms with E-state index in [0.29, 0.717) is 6.42 Å². The summed E-state index contributed by atoms with van der Waals surface area (Å²) >= 11 is 8.67. The van der Waals surface area contributed by atoms with Gasteiger partial charge in [-0.2, -0.15) is 0 Å². The maximum atomic E-state index is 11.2. The average Bonchev–Trinajstić information content (AvgIpc) is 2.58. The maximum absolute atomic E-state index is 11.2.